The molecule has 0 aliphatic heterocycles. The minimum atomic E-state index is 0.472. The molecule has 0 aromatic carbocycles. The average molecular weight is 215 g/mol. The number of halogens is 1. The van der Waals surface area contributed by atoms with Gasteiger partial charge in [0.05, 0.1) is 11.4 Å². The Morgan fingerprint density at radius 2 is 2.18 bits per heavy atom. The third-order valence-electron chi connectivity index (χ3n) is 1.34. The summed E-state index contributed by atoms with van der Waals surface area (Å²) in [6.45, 7) is 4.04. The van der Waals surface area contributed by atoms with Gasteiger partial charge in [-0.15, -0.1) is 0 Å². The van der Waals surface area contributed by atoms with Crippen molar-refractivity contribution in [3.63, 3.8) is 0 Å². The Labute approximate surface area is 75.2 Å². The van der Waals surface area contributed by atoms with E-state index >= 15 is 0 Å². The SMILES string of the molecule is Cc1ccc(CC(C)Br)nn1. The van der Waals surface area contributed by atoms with Crippen molar-refractivity contribution in [3.05, 3.63) is 23.5 Å². The van der Waals surface area contributed by atoms with Crippen LogP contribution in [0.3, 0.4) is 0 Å². The van der Waals surface area contributed by atoms with Crippen molar-refractivity contribution in [3.8, 4) is 0 Å². The number of aryl methyl sites for hydroxylation is 1. The van der Waals surface area contributed by atoms with Crippen LogP contribution in [0.25, 0.3) is 0 Å². The molecule has 0 N–H and O–H groups in total. The third-order valence-corrected chi connectivity index (χ3v) is 1.67. The fourth-order valence-corrected chi connectivity index (χ4v) is 1.16. The zero-order valence-electron chi connectivity index (χ0n) is 6.71. The molecule has 1 atom stereocenters. The Balaban J connectivity index is 2.66. The molecule has 60 valence electrons. The van der Waals surface area contributed by atoms with Crippen LogP contribution in [-0.4, -0.2) is 15.0 Å². The first-order chi connectivity index (χ1) is 5.18. The number of nitrogens with zero attached hydrogens (tertiary/aromatic N) is 2. The molecule has 0 radical (unpaired) electrons. The molecule has 11 heavy (non-hydrogen) atoms. The van der Waals surface area contributed by atoms with E-state index in [-0.39, 0.29) is 0 Å². The molecule has 3 heteroatoms. The quantitative estimate of drug-likeness (QED) is 0.706. The molecule has 0 spiro atoms. The first kappa shape index (κ1) is 8.65. The summed E-state index contributed by atoms with van der Waals surface area (Å²) < 4.78 is 0. The molecule has 0 aliphatic carbocycles. The zero-order valence-corrected chi connectivity index (χ0v) is 8.30. The lowest BCUT2D eigenvalue weighted by atomic mass is 10.2. The van der Waals surface area contributed by atoms with Crippen molar-refractivity contribution in [1.29, 1.82) is 0 Å². The van der Waals surface area contributed by atoms with E-state index in [9.17, 15) is 0 Å². The van der Waals surface area contributed by atoms with Gasteiger partial charge in [-0.05, 0) is 19.1 Å². The third kappa shape index (κ3) is 2.97. The van der Waals surface area contributed by atoms with E-state index in [0.29, 0.717) is 4.83 Å². The summed E-state index contributed by atoms with van der Waals surface area (Å²) in [5.41, 5.74) is 2.01. The van der Waals surface area contributed by atoms with Crippen molar-refractivity contribution in [2.75, 3.05) is 0 Å². The van der Waals surface area contributed by atoms with E-state index in [0.717, 1.165) is 17.8 Å². The van der Waals surface area contributed by atoms with E-state index in [1.54, 1.807) is 0 Å². The number of aromatic nitrogens is 2. The van der Waals surface area contributed by atoms with Crippen molar-refractivity contribution < 1.29 is 0 Å². The van der Waals surface area contributed by atoms with E-state index in [2.05, 4.69) is 33.1 Å². The van der Waals surface area contributed by atoms with Crippen LogP contribution < -0.4 is 0 Å². The van der Waals surface area contributed by atoms with Crippen molar-refractivity contribution in [2.45, 2.75) is 25.1 Å². The van der Waals surface area contributed by atoms with Crippen LogP contribution >= 0.6 is 15.9 Å². The molecular weight excluding hydrogens is 204 g/mol. The van der Waals surface area contributed by atoms with Gasteiger partial charge in [0.15, 0.2) is 0 Å². The molecule has 0 amide bonds. The largest absolute Gasteiger partial charge is 0.156 e. The Kier molecular flexibility index (Phi) is 3.00. The van der Waals surface area contributed by atoms with E-state index in [4.69, 9.17) is 0 Å². The molecule has 2 nitrogen and oxygen atoms in total. The van der Waals surface area contributed by atoms with E-state index in [1.165, 1.54) is 0 Å². The van der Waals surface area contributed by atoms with Crippen molar-refractivity contribution >= 4 is 15.9 Å². The maximum atomic E-state index is 4.04. The van der Waals surface area contributed by atoms with Gasteiger partial charge in [-0.3, -0.25) is 0 Å². The molecule has 0 aliphatic rings. The molecule has 0 saturated heterocycles. The van der Waals surface area contributed by atoms with Gasteiger partial charge in [0, 0.05) is 11.2 Å². The highest BCUT2D eigenvalue weighted by atomic mass is 79.9. The number of hydrogen-bond donors (Lipinski definition) is 0. The lowest BCUT2D eigenvalue weighted by Gasteiger charge is -2.00. The lowest BCUT2D eigenvalue weighted by Crippen LogP contribution is -2.00. The fraction of sp³-hybridized carbons (Fsp3) is 0.500. The monoisotopic (exact) mass is 214 g/mol. The van der Waals surface area contributed by atoms with Crippen LogP contribution in [0.1, 0.15) is 18.3 Å². The number of alkyl halides is 1. The standard InChI is InChI=1S/C8H11BrN2/c1-6(9)5-8-4-3-7(2)10-11-8/h3-4,6H,5H2,1-2H3. The highest BCUT2D eigenvalue weighted by molar-refractivity contribution is 9.09. The second kappa shape index (κ2) is 3.81. The van der Waals surface area contributed by atoms with Crippen molar-refractivity contribution in [2.24, 2.45) is 0 Å². The molecule has 0 bridgehead atoms. The maximum Gasteiger partial charge on any atom is 0.0642 e. The minimum absolute atomic E-state index is 0.472. The van der Waals surface area contributed by atoms with Gasteiger partial charge in [0.1, 0.15) is 0 Å². The predicted molar refractivity (Wildman–Crippen MR) is 48.9 cm³/mol. The van der Waals surface area contributed by atoms with Gasteiger partial charge < -0.3 is 0 Å². The summed E-state index contributed by atoms with van der Waals surface area (Å²) in [6, 6.07) is 4.00. The van der Waals surface area contributed by atoms with Gasteiger partial charge in [-0.25, -0.2) is 0 Å². The summed E-state index contributed by atoms with van der Waals surface area (Å²) >= 11 is 3.46. The molecule has 1 rings (SSSR count). The molecule has 1 aromatic heterocycles. The van der Waals surface area contributed by atoms with Crippen LogP contribution in [0.5, 0.6) is 0 Å². The molecule has 1 aromatic rings. The number of rotatable bonds is 2. The Morgan fingerprint density at radius 1 is 1.45 bits per heavy atom. The smallest absolute Gasteiger partial charge is 0.0642 e. The Bertz CT molecular complexity index is 218. The van der Waals surface area contributed by atoms with Crippen LogP contribution in [0.2, 0.25) is 0 Å². The van der Waals surface area contributed by atoms with Gasteiger partial charge in [0.2, 0.25) is 0 Å². The Morgan fingerprint density at radius 3 is 2.64 bits per heavy atom. The summed E-state index contributed by atoms with van der Waals surface area (Å²) in [5, 5.41) is 8.00. The van der Waals surface area contributed by atoms with E-state index in [1.807, 2.05) is 19.1 Å². The highest BCUT2D eigenvalue weighted by Gasteiger charge is 1.99. The molecule has 0 saturated carbocycles. The highest BCUT2D eigenvalue weighted by Crippen LogP contribution is 2.05. The van der Waals surface area contributed by atoms with Crippen molar-refractivity contribution in [1.82, 2.24) is 10.2 Å². The predicted octanol–water partition coefficient (Wildman–Crippen LogP) is 2.11. The van der Waals surface area contributed by atoms with E-state index < -0.39 is 0 Å². The minimum Gasteiger partial charge on any atom is -0.156 e. The molecular formula is C8H11BrN2. The van der Waals surface area contributed by atoms with Crippen LogP contribution in [0.4, 0.5) is 0 Å². The van der Waals surface area contributed by atoms with Gasteiger partial charge >= 0.3 is 0 Å². The van der Waals surface area contributed by atoms with Gasteiger partial charge in [-0.2, -0.15) is 10.2 Å². The Hall–Kier alpha value is -0.440. The van der Waals surface area contributed by atoms with Crippen LogP contribution in [-0.2, 0) is 6.42 Å². The number of hydrogen-bond acceptors (Lipinski definition) is 2. The van der Waals surface area contributed by atoms with Crippen LogP contribution in [0, 0.1) is 6.92 Å². The lowest BCUT2D eigenvalue weighted by molar-refractivity contribution is 0.845. The fourth-order valence-electron chi connectivity index (χ4n) is 0.824. The van der Waals surface area contributed by atoms with Gasteiger partial charge in [0.25, 0.3) is 0 Å². The summed E-state index contributed by atoms with van der Waals surface area (Å²) in [7, 11) is 0. The normalized spacial score (nSPS) is 13.0. The zero-order chi connectivity index (χ0) is 8.27. The first-order valence-electron chi connectivity index (χ1n) is 3.62. The average Bonchev–Trinajstić information content (AvgIpc) is 1.93. The second-order valence-corrected chi connectivity index (χ2v) is 4.21. The second-order valence-electron chi connectivity index (χ2n) is 2.65. The molecule has 0 fully saturated rings. The first-order valence-corrected chi connectivity index (χ1v) is 4.53. The van der Waals surface area contributed by atoms with Crippen LogP contribution in [0.15, 0.2) is 12.1 Å². The summed E-state index contributed by atoms with van der Waals surface area (Å²) in [4.78, 5) is 0.472. The topological polar surface area (TPSA) is 25.8 Å². The summed E-state index contributed by atoms with van der Waals surface area (Å²) in [6.07, 6.45) is 0.938. The maximum absolute atomic E-state index is 4.04. The molecule has 1 unspecified atom stereocenters. The molecule has 1 heterocycles. The summed E-state index contributed by atoms with van der Waals surface area (Å²) in [5.74, 6) is 0. The van der Waals surface area contributed by atoms with Gasteiger partial charge in [-0.1, -0.05) is 22.9 Å².